The number of halogens is 1. The fourth-order valence-corrected chi connectivity index (χ4v) is 1.88. The molecule has 18 heavy (non-hydrogen) atoms. The lowest BCUT2D eigenvalue weighted by Crippen LogP contribution is -2.57. The van der Waals surface area contributed by atoms with Crippen molar-refractivity contribution in [2.45, 2.75) is 45.2 Å². The third-order valence-electron chi connectivity index (χ3n) is 3.22. The van der Waals surface area contributed by atoms with E-state index in [4.69, 9.17) is 5.73 Å². The van der Waals surface area contributed by atoms with Gasteiger partial charge in [0.2, 0.25) is 5.91 Å². The zero-order valence-electron chi connectivity index (χ0n) is 11.2. The fourth-order valence-electron chi connectivity index (χ4n) is 1.88. The first-order valence-corrected chi connectivity index (χ1v) is 6.20. The van der Waals surface area contributed by atoms with Crippen LogP contribution >= 0.6 is 0 Å². The molecule has 0 saturated carbocycles. The van der Waals surface area contributed by atoms with Gasteiger partial charge in [-0.1, -0.05) is 25.1 Å². The van der Waals surface area contributed by atoms with Gasteiger partial charge in [0.15, 0.2) is 0 Å². The van der Waals surface area contributed by atoms with Crippen LogP contribution in [0.1, 0.15) is 32.8 Å². The summed E-state index contributed by atoms with van der Waals surface area (Å²) < 4.78 is 13.6. The minimum atomic E-state index is -0.933. The zero-order chi connectivity index (χ0) is 13.8. The highest BCUT2D eigenvalue weighted by molar-refractivity contribution is 5.84. The quantitative estimate of drug-likeness (QED) is 0.813. The monoisotopic (exact) mass is 252 g/mol. The summed E-state index contributed by atoms with van der Waals surface area (Å²) in [5.41, 5.74) is 5.01. The topological polar surface area (TPSA) is 55.1 Å². The second-order valence-corrected chi connectivity index (χ2v) is 4.92. The van der Waals surface area contributed by atoms with Crippen molar-refractivity contribution in [2.24, 2.45) is 5.73 Å². The van der Waals surface area contributed by atoms with Gasteiger partial charge >= 0.3 is 0 Å². The number of hydrogen-bond donors (Lipinski definition) is 2. The number of primary amides is 1. The lowest BCUT2D eigenvalue weighted by molar-refractivity contribution is -0.124. The Kier molecular flexibility index (Phi) is 4.84. The minimum absolute atomic E-state index is 0.147. The Labute approximate surface area is 108 Å². The summed E-state index contributed by atoms with van der Waals surface area (Å²) in [4.78, 5) is 11.6. The maximum Gasteiger partial charge on any atom is 0.237 e. The Morgan fingerprint density at radius 2 is 2.11 bits per heavy atom. The van der Waals surface area contributed by atoms with E-state index >= 15 is 0 Å². The predicted octanol–water partition coefficient (Wildman–Crippen LogP) is 2.00. The van der Waals surface area contributed by atoms with Gasteiger partial charge < -0.3 is 11.1 Å². The Morgan fingerprint density at radius 3 is 2.61 bits per heavy atom. The third-order valence-corrected chi connectivity index (χ3v) is 3.22. The molecule has 1 aromatic rings. The van der Waals surface area contributed by atoms with E-state index in [1.165, 1.54) is 6.07 Å². The van der Waals surface area contributed by atoms with Crippen molar-refractivity contribution in [2.75, 3.05) is 0 Å². The first kappa shape index (κ1) is 14.6. The molecule has 0 aliphatic carbocycles. The van der Waals surface area contributed by atoms with E-state index in [2.05, 4.69) is 5.32 Å². The number of benzene rings is 1. The molecule has 0 aromatic heterocycles. The fraction of sp³-hybridized carbons (Fsp3) is 0.500. The van der Waals surface area contributed by atoms with E-state index in [9.17, 15) is 9.18 Å². The van der Waals surface area contributed by atoms with Crippen molar-refractivity contribution in [3.05, 3.63) is 35.6 Å². The number of nitrogens with two attached hydrogens (primary N) is 1. The van der Waals surface area contributed by atoms with E-state index in [1.807, 2.05) is 13.8 Å². The van der Waals surface area contributed by atoms with Gasteiger partial charge in [-0.3, -0.25) is 4.79 Å². The maximum absolute atomic E-state index is 13.6. The number of carbonyl (C=O) groups is 1. The molecule has 2 unspecified atom stereocenters. The van der Waals surface area contributed by atoms with Crippen molar-refractivity contribution >= 4 is 5.91 Å². The van der Waals surface area contributed by atoms with E-state index in [-0.39, 0.29) is 18.3 Å². The molecule has 0 saturated heterocycles. The standard InChI is InChI=1S/C14H21FN2O/c1-4-10(2)17-14(3,13(16)18)9-11-7-5-6-8-12(11)15/h5-8,10,17H,4,9H2,1-3H3,(H2,16,18). The van der Waals surface area contributed by atoms with E-state index in [0.29, 0.717) is 5.56 Å². The van der Waals surface area contributed by atoms with Gasteiger partial charge in [-0.05, 0) is 31.9 Å². The van der Waals surface area contributed by atoms with E-state index < -0.39 is 11.4 Å². The molecule has 0 heterocycles. The molecule has 0 bridgehead atoms. The largest absolute Gasteiger partial charge is 0.368 e. The van der Waals surface area contributed by atoms with Gasteiger partial charge in [-0.15, -0.1) is 0 Å². The molecule has 0 fully saturated rings. The first-order valence-electron chi connectivity index (χ1n) is 6.20. The lowest BCUT2D eigenvalue weighted by Gasteiger charge is -2.31. The number of hydrogen-bond acceptors (Lipinski definition) is 2. The van der Waals surface area contributed by atoms with E-state index in [1.54, 1.807) is 25.1 Å². The molecule has 0 spiro atoms. The average molecular weight is 252 g/mol. The van der Waals surface area contributed by atoms with Crippen molar-refractivity contribution in [3.63, 3.8) is 0 Å². The maximum atomic E-state index is 13.6. The summed E-state index contributed by atoms with van der Waals surface area (Å²) in [6.07, 6.45) is 1.12. The highest BCUT2D eigenvalue weighted by atomic mass is 19.1. The third kappa shape index (κ3) is 3.53. The van der Waals surface area contributed by atoms with Crippen LogP contribution in [0.3, 0.4) is 0 Å². The van der Waals surface area contributed by atoms with Crippen LogP contribution < -0.4 is 11.1 Å². The smallest absolute Gasteiger partial charge is 0.237 e. The molecule has 1 rings (SSSR count). The molecule has 1 amide bonds. The first-order chi connectivity index (χ1) is 8.39. The van der Waals surface area contributed by atoms with Gasteiger partial charge in [0.1, 0.15) is 5.82 Å². The second kappa shape index (κ2) is 5.96. The van der Waals surface area contributed by atoms with Crippen LogP contribution in [0.25, 0.3) is 0 Å². The molecule has 0 aliphatic heterocycles. The van der Waals surface area contributed by atoms with Crippen LogP contribution in [0.5, 0.6) is 0 Å². The predicted molar refractivity (Wildman–Crippen MR) is 70.6 cm³/mol. The summed E-state index contributed by atoms with van der Waals surface area (Å²) >= 11 is 0. The lowest BCUT2D eigenvalue weighted by atomic mass is 9.90. The minimum Gasteiger partial charge on any atom is -0.368 e. The summed E-state index contributed by atoms with van der Waals surface area (Å²) in [6.45, 7) is 5.71. The Morgan fingerprint density at radius 1 is 1.50 bits per heavy atom. The van der Waals surface area contributed by atoms with Crippen LogP contribution in [0.15, 0.2) is 24.3 Å². The average Bonchev–Trinajstić information content (AvgIpc) is 2.31. The Bertz CT molecular complexity index is 422. The van der Waals surface area contributed by atoms with Crippen molar-refractivity contribution in [1.29, 1.82) is 0 Å². The highest BCUT2D eigenvalue weighted by Gasteiger charge is 2.32. The van der Waals surface area contributed by atoms with Crippen LogP contribution in [0, 0.1) is 5.82 Å². The molecule has 1 aromatic carbocycles. The Hall–Kier alpha value is -1.42. The number of amides is 1. The molecule has 0 radical (unpaired) electrons. The summed E-state index contributed by atoms with van der Waals surface area (Å²) in [5, 5.41) is 3.18. The number of nitrogens with one attached hydrogen (secondary N) is 1. The second-order valence-electron chi connectivity index (χ2n) is 4.92. The summed E-state index contributed by atoms with van der Waals surface area (Å²) in [6, 6.07) is 6.59. The SMILES string of the molecule is CCC(C)NC(C)(Cc1ccccc1F)C(N)=O. The summed E-state index contributed by atoms with van der Waals surface area (Å²) in [7, 11) is 0. The molecule has 4 heteroatoms. The number of rotatable bonds is 6. The van der Waals surface area contributed by atoms with Gasteiger partial charge in [0.05, 0.1) is 5.54 Å². The molecule has 2 atom stereocenters. The van der Waals surface area contributed by atoms with Crippen molar-refractivity contribution < 1.29 is 9.18 Å². The molecular formula is C14H21FN2O. The van der Waals surface area contributed by atoms with Gasteiger partial charge in [-0.25, -0.2) is 4.39 Å². The van der Waals surface area contributed by atoms with Gasteiger partial charge in [-0.2, -0.15) is 0 Å². The van der Waals surface area contributed by atoms with Gasteiger partial charge in [0, 0.05) is 12.5 Å². The van der Waals surface area contributed by atoms with Gasteiger partial charge in [0.25, 0.3) is 0 Å². The summed E-state index contributed by atoms with van der Waals surface area (Å²) in [5.74, 6) is -0.776. The molecule has 100 valence electrons. The van der Waals surface area contributed by atoms with Crippen molar-refractivity contribution in [3.8, 4) is 0 Å². The number of carbonyl (C=O) groups excluding carboxylic acids is 1. The van der Waals surface area contributed by atoms with Crippen molar-refractivity contribution in [1.82, 2.24) is 5.32 Å². The van der Waals surface area contributed by atoms with Crippen LogP contribution in [0.4, 0.5) is 4.39 Å². The van der Waals surface area contributed by atoms with Crippen LogP contribution in [-0.2, 0) is 11.2 Å². The Balaban J connectivity index is 2.93. The normalized spacial score (nSPS) is 16.0. The van der Waals surface area contributed by atoms with Crippen LogP contribution in [-0.4, -0.2) is 17.5 Å². The molecule has 3 nitrogen and oxygen atoms in total. The molecular weight excluding hydrogens is 231 g/mol. The zero-order valence-corrected chi connectivity index (χ0v) is 11.2. The molecule has 0 aliphatic rings. The highest BCUT2D eigenvalue weighted by Crippen LogP contribution is 2.17. The molecule has 3 N–H and O–H groups in total. The van der Waals surface area contributed by atoms with Crippen LogP contribution in [0.2, 0.25) is 0 Å². The van der Waals surface area contributed by atoms with E-state index in [0.717, 1.165) is 6.42 Å².